The second-order valence-electron chi connectivity index (χ2n) is 6.11. The van der Waals surface area contributed by atoms with Crippen LogP contribution in [0.2, 0.25) is 5.02 Å². The number of ether oxygens (including phenoxy) is 2. The number of quaternary nitrogens is 1. The van der Waals surface area contributed by atoms with Crippen LogP contribution >= 0.6 is 11.6 Å². The Morgan fingerprint density at radius 2 is 1.85 bits per heavy atom. The Morgan fingerprint density at radius 1 is 1.15 bits per heavy atom. The van der Waals surface area contributed by atoms with Gasteiger partial charge in [-0.2, -0.15) is 0 Å². The van der Waals surface area contributed by atoms with Gasteiger partial charge >= 0.3 is 5.97 Å². The summed E-state index contributed by atoms with van der Waals surface area (Å²) >= 11 is 6.05. The maximum Gasteiger partial charge on any atom is 0.338 e. The summed E-state index contributed by atoms with van der Waals surface area (Å²) in [6.07, 6.45) is 0. The summed E-state index contributed by atoms with van der Waals surface area (Å²) in [5.41, 5.74) is 2.01. The summed E-state index contributed by atoms with van der Waals surface area (Å²) in [6, 6.07) is 12.0. The molecule has 0 saturated heterocycles. The first-order valence-corrected chi connectivity index (χ1v) is 9.01. The quantitative estimate of drug-likeness (QED) is 0.677. The van der Waals surface area contributed by atoms with Crippen LogP contribution < -0.4 is 15.0 Å². The molecule has 0 fully saturated rings. The fourth-order valence-electron chi connectivity index (χ4n) is 2.66. The molecule has 1 atom stereocenters. The highest BCUT2D eigenvalue weighted by atomic mass is 35.5. The van der Waals surface area contributed by atoms with Crippen molar-refractivity contribution in [1.82, 2.24) is 0 Å². The third kappa shape index (κ3) is 6.27. The zero-order chi connectivity index (χ0) is 19.8. The van der Waals surface area contributed by atoms with E-state index in [0.717, 1.165) is 16.2 Å². The van der Waals surface area contributed by atoms with Crippen molar-refractivity contribution in [3.8, 4) is 5.75 Å². The van der Waals surface area contributed by atoms with Gasteiger partial charge in [-0.05, 0) is 49.4 Å². The third-order valence-corrected chi connectivity index (χ3v) is 4.11. The average Bonchev–Trinajstić information content (AvgIpc) is 2.62. The number of carbonyl (C=O) groups excluding carboxylic acids is 2. The number of hydrogen-bond acceptors (Lipinski definition) is 4. The molecule has 0 heterocycles. The number of benzene rings is 2. The molecule has 144 valence electrons. The van der Waals surface area contributed by atoms with Gasteiger partial charge in [-0.1, -0.05) is 11.6 Å². The van der Waals surface area contributed by atoms with Gasteiger partial charge in [-0.15, -0.1) is 0 Å². The number of halogens is 1. The highest BCUT2D eigenvalue weighted by Crippen LogP contribution is 2.21. The average molecular weight is 392 g/mol. The third-order valence-electron chi connectivity index (χ3n) is 3.88. The van der Waals surface area contributed by atoms with Crippen molar-refractivity contribution in [3.63, 3.8) is 0 Å². The summed E-state index contributed by atoms with van der Waals surface area (Å²) in [5, 5.41) is 3.46. The van der Waals surface area contributed by atoms with E-state index < -0.39 is 0 Å². The van der Waals surface area contributed by atoms with Crippen LogP contribution in [0.15, 0.2) is 42.5 Å². The van der Waals surface area contributed by atoms with Crippen LogP contribution in [0.1, 0.15) is 22.8 Å². The monoisotopic (exact) mass is 391 g/mol. The molecule has 1 amide bonds. The number of methoxy groups -OCH3 is 1. The summed E-state index contributed by atoms with van der Waals surface area (Å²) < 4.78 is 10.3. The Hall–Kier alpha value is -2.57. The van der Waals surface area contributed by atoms with Gasteiger partial charge in [-0.25, -0.2) is 4.79 Å². The van der Waals surface area contributed by atoms with E-state index in [1.54, 1.807) is 44.4 Å². The fourth-order valence-corrected chi connectivity index (χ4v) is 2.85. The smallest absolute Gasteiger partial charge is 0.338 e. The number of esters is 1. The lowest BCUT2D eigenvalue weighted by Gasteiger charge is -2.16. The van der Waals surface area contributed by atoms with Crippen molar-refractivity contribution < 1.29 is 24.0 Å². The number of amides is 1. The van der Waals surface area contributed by atoms with Crippen LogP contribution in [-0.2, 0) is 16.1 Å². The van der Waals surface area contributed by atoms with Crippen molar-refractivity contribution in [2.24, 2.45) is 0 Å². The number of rotatable bonds is 8. The van der Waals surface area contributed by atoms with Crippen molar-refractivity contribution in [2.45, 2.75) is 13.5 Å². The van der Waals surface area contributed by atoms with E-state index in [4.69, 9.17) is 21.1 Å². The molecule has 2 rings (SSSR count). The first-order valence-electron chi connectivity index (χ1n) is 8.63. The molecular weight excluding hydrogens is 368 g/mol. The summed E-state index contributed by atoms with van der Waals surface area (Å²) in [5.74, 6) is 0.237. The molecule has 2 aromatic rings. The van der Waals surface area contributed by atoms with Gasteiger partial charge in [0.15, 0.2) is 6.54 Å². The summed E-state index contributed by atoms with van der Waals surface area (Å²) in [7, 11) is 3.53. The molecule has 7 heteroatoms. The largest absolute Gasteiger partial charge is 0.496 e. The van der Waals surface area contributed by atoms with Gasteiger partial charge in [0.2, 0.25) is 0 Å². The minimum absolute atomic E-state index is 0.127. The zero-order valence-corrected chi connectivity index (χ0v) is 16.4. The van der Waals surface area contributed by atoms with E-state index >= 15 is 0 Å². The van der Waals surface area contributed by atoms with E-state index in [-0.39, 0.29) is 18.4 Å². The van der Waals surface area contributed by atoms with E-state index in [9.17, 15) is 9.59 Å². The molecule has 27 heavy (non-hydrogen) atoms. The van der Waals surface area contributed by atoms with Crippen LogP contribution in [0, 0.1) is 0 Å². The Balaban J connectivity index is 1.91. The molecule has 1 unspecified atom stereocenters. The second-order valence-corrected chi connectivity index (χ2v) is 6.55. The SMILES string of the molecule is CCOC(=O)c1ccc(NC(=O)C[NH+](C)Cc2cc(Cl)ccc2OC)cc1. The minimum Gasteiger partial charge on any atom is -0.496 e. The van der Waals surface area contributed by atoms with E-state index in [2.05, 4.69) is 5.32 Å². The Labute approximate surface area is 164 Å². The Bertz CT molecular complexity index is 793. The Morgan fingerprint density at radius 3 is 2.48 bits per heavy atom. The molecule has 0 saturated carbocycles. The Kier molecular flexibility index (Phi) is 7.64. The summed E-state index contributed by atoms with van der Waals surface area (Å²) in [4.78, 5) is 24.9. The molecule has 0 aliphatic carbocycles. The number of anilines is 1. The van der Waals surface area contributed by atoms with E-state index in [0.29, 0.717) is 29.4 Å². The van der Waals surface area contributed by atoms with Crippen LogP contribution in [0.5, 0.6) is 5.75 Å². The molecule has 0 aromatic heterocycles. The van der Waals surface area contributed by atoms with Gasteiger partial charge < -0.3 is 19.7 Å². The number of carbonyl (C=O) groups is 2. The van der Waals surface area contributed by atoms with Gasteiger partial charge in [0.1, 0.15) is 12.3 Å². The molecule has 0 aliphatic heterocycles. The topological polar surface area (TPSA) is 69.1 Å². The molecule has 0 aliphatic rings. The first-order chi connectivity index (χ1) is 12.9. The standard InChI is InChI=1S/C20H23ClN2O4/c1-4-27-20(25)14-5-8-17(9-6-14)22-19(24)13-23(2)12-15-11-16(21)7-10-18(15)26-3/h5-11H,4,12-13H2,1-3H3,(H,22,24)/p+1. The molecule has 6 nitrogen and oxygen atoms in total. The van der Waals surface area contributed by atoms with Gasteiger partial charge in [0.25, 0.3) is 5.91 Å². The van der Waals surface area contributed by atoms with E-state index in [1.165, 1.54) is 0 Å². The maximum absolute atomic E-state index is 12.3. The predicted octanol–water partition coefficient (Wildman–Crippen LogP) is 2.18. The minimum atomic E-state index is -0.380. The van der Waals surface area contributed by atoms with Crippen molar-refractivity contribution in [1.29, 1.82) is 0 Å². The number of nitrogens with one attached hydrogen (secondary N) is 2. The lowest BCUT2D eigenvalue weighted by atomic mass is 10.2. The van der Waals surface area contributed by atoms with Crippen LogP contribution in [0.4, 0.5) is 5.69 Å². The zero-order valence-electron chi connectivity index (χ0n) is 15.7. The summed E-state index contributed by atoms with van der Waals surface area (Å²) in [6.45, 7) is 2.95. The van der Waals surface area contributed by atoms with Crippen LogP contribution in [0.25, 0.3) is 0 Å². The molecule has 0 radical (unpaired) electrons. The molecule has 2 N–H and O–H groups in total. The van der Waals surface area contributed by atoms with Crippen LogP contribution in [0.3, 0.4) is 0 Å². The second kappa shape index (κ2) is 9.94. The first kappa shape index (κ1) is 20.7. The molecule has 0 bridgehead atoms. The maximum atomic E-state index is 12.3. The van der Waals surface area contributed by atoms with Gasteiger partial charge in [0, 0.05) is 16.3 Å². The van der Waals surface area contributed by atoms with Crippen LogP contribution in [-0.4, -0.2) is 39.2 Å². The molecular formula is C20H24ClN2O4+. The number of likely N-dealkylation sites (N-methyl/N-ethyl adjacent to an activating group) is 1. The fraction of sp³-hybridized carbons (Fsp3) is 0.300. The normalized spacial score (nSPS) is 11.6. The van der Waals surface area contributed by atoms with Gasteiger partial charge in [-0.3, -0.25) is 4.79 Å². The molecule has 2 aromatic carbocycles. The predicted molar refractivity (Wildman–Crippen MR) is 104 cm³/mol. The van der Waals surface area contributed by atoms with Gasteiger partial charge in [0.05, 0.1) is 26.3 Å². The number of hydrogen-bond donors (Lipinski definition) is 2. The molecule has 0 spiro atoms. The lowest BCUT2D eigenvalue weighted by molar-refractivity contribution is -0.885. The van der Waals surface area contributed by atoms with Crippen molar-refractivity contribution in [2.75, 3.05) is 32.6 Å². The highest BCUT2D eigenvalue weighted by Gasteiger charge is 2.14. The lowest BCUT2D eigenvalue weighted by Crippen LogP contribution is -3.08. The highest BCUT2D eigenvalue weighted by molar-refractivity contribution is 6.30. The van der Waals surface area contributed by atoms with Crippen molar-refractivity contribution in [3.05, 3.63) is 58.6 Å². The van der Waals surface area contributed by atoms with Crippen molar-refractivity contribution >= 4 is 29.2 Å². The van der Waals surface area contributed by atoms with E-state index in [1.807, 2.05) is 19.2 Å².